The maximum atomic E-state index is 2.40. The second-order valence-corrected chi connectivity index (χ2v) is 3.55. The molecule has 0 rings (SSSR count). The molecule has 0 fully saturated rings. The quantitative estimate of drug-likeness (QED) is 0.521. The van der Waals surface area contributed by atoms with Crippen molar-refractivity contribution >= 4 is 0 Å². The molecule has 0 amide bonds. The number of rotatable bonds is 5. The van der Waals surface area contributed by atoms with E-state index >= 15 is 0 Å². The van der Waals surface area contributed by atoms with E-state index in [4.69, 9.17) is 0 Å². The van der Waals surface area contributed by atoms with E-state index < -0.39 is 0 Å². The van der Waals surface area contributed by atoms with Gasteiger partial charge in [-0.1, -0.05) is 45.3 Å². The Morgan fingerprint density at radius 3 is 2.45 bits per heavy atom. The summed E-state index contributed by atoms with van der Waals surface area (Å²) in [4.78, 5) is 0. The van der Waals surface area contributed by atoms with Gasteiger partial charge in [0.25, 0.3) is 0 Å². The van der Waals surface area contributed by atoms with Gasteiger partial charge in [-0.05, 0) is 25.7 Å². The molecular weight excluding hydrogens is 132 g/mol. The molecule has 66 valence electrons. The van der Waals surface area contributed by atoms with E-state index in [0.29, 0.717) is 0 Å². The average Bonchev–Trinajstić information content (AvgIpc) is 2.01. The zero-order valence-electron chi connectivity index (χ0n) is 8.48. The van der Waals surface area contributed by atoms with Crippen LogP contribution in [-0.4, -0.2) is 0 Å². The third-order valence-corrected chi connectivity index (χ3v) is 2.21. The molecule has 0 saturated carbocycles. The van der Waals surface area contributed by atoms with Gasteiger partial charge in [-0.15, -0.1) is 0 Å². The van der Waals surface area contributed by atoms with Crippen molar-refractivity contribution in [2.75, 3.05) is 0 Å². The number of hydrogen-bond acceptors (Lipinski definition) is 0. The molecule has 0 aromatic rings. The summed E-state index contributed by atoms with van der Waals surface area (Å²) in [6, 6.07) is 0. The average molecular weight is 154 g/mol. The van der Waals surface area contributed by atoms with Crippen LogP contribution in [0.3, 0.4) is 0 Å². The molecule has 0 N–H and O–H groups in total. The summed E-state index contributed by atoms with van der Waals surface area (Å²) in [7, 11) is 0. The Hall–Kier alpha value is -0.260. The van der Waals surface area contributed by atoms with Crippen LogP contribution in [0.4, 0.5) is 0 Å². The van der Waals surface area contributed by atoms with Gasteiger partial charge in [0.1, 0.15) is 0 Å². The molecule has 0 spiro atoms. The zero-order chi connectivity index (χ0) is 8.69. The second-order valence-electron chi connectivity index (χ2n) is 3.55. The Morgan fingerprint density at radius 1 is 1.36 bits per heavy atom. The Labute approximate surface area is 71.7 Å². The van der Waals surface area contributed by atoms with Crippen LogP contribution in [0.15, 0.2) is 11.6 Å². The minimum absolute atomic E-state index is 0.863. The van der Waals surface area contributed by atoms with Crippen molar-refractivity contribution in [2.24, 2.45) is 5.92 Å². The van der Waals surface area contributed by atoms with E-state index in [1.54, 1.807) is 5.57 Å². The van der Waals surface area contributed by atoms with Crippen molar-refractivity contribution < 1.29 is 0 Å². The monoisotopic (exact) mass is 154 g/mol. The summed E-state index contributed by atoms with van der Waals surface area (Å²) in [5.74, 6) is 0.863. The van der Waals surface area contributed by atoms with Gasteiger partial charge in [0, 0.05) is 0 Å². The molecular formula is C11H22. The lowest BCUT2D eigenvalue weighted by Crippen LogP contribution is -1.89. The molecule has 0 heterocycles. The van der Waals surface area contributed by atoms with Gasteiger partial charge >= 0.3 is 0 Å². The Balaban J connectivity index is 3.54. The first-order valence-electron chi connectivity index (χ1n) is 4.86. The fraction of sp³-hybridized carbons (Fsp3) is 0.818. The SMILES string of the molecule is CCC/C(C)=C\CC(C)CC. The van der Waals surface area contributed by atoms with Crippen LogP contribution in [0.25, 0.3) is 0 Å². The van der Waals surface area contributed by atoms with Crippen molar-refractivity contribution in [3.8, 4) is 0 Å². The highest BCUT2D eigenvalue weighted by atomic mass is 14.0. The third kappa shape index (κ3) is 6.15. The molecule has 0 aromatic heterocycles. The second kappa shape index (κ2) is 6.45. The normalized spacial score (nSPS) is 15.1. The Kier molecular flexibility index (Phi) is 6.30. The van der Waals surface area contributed by atoms with Gasteiger partial charge in [0.05, 0.1) is 0 Å². The summed E-state index contributed by atoms with van der Waals surface area (Å²) in [5.41, 5.74) is 1.56. The van der Waals surface area contributed by atoms with E-state index in [1.165, 1.54) is 25.7 Å². The maximum absolute atomic E-state index is 2.40. The molecule has 0 saturated heterocycles. The largest absolute Gasteiger partial charge is 0.0853 e. The highest BCUT2D eigenvalue weighted by molar-refractivity contribution is 4.97. The fourth-order valence-corrected chi connectivity index (χ4v) is 1.07. The van der Waals surface area contributed by atoms with Gasteiger partial charge in [-0.2, -0.15) is 0 Å². The van der Waals surface area contributed by atoms with Crippen LogP contribution in [0.2, 0.25) is 0 Å². The summed E-state index contributed by atoms with van der Waals surface area (Å²) < 4.78 is 0. The van der Waals surface area contributed by atoms with Crippen LogP contribution in [0, 0.1) is 5.92 Å². The lowest BCUT2D eigenvalue weighted by Gasteiger charge is -2.04. The number of allylic oxidation sites excluding steroid dienone is 2. The zero-order valence-corrected chi connectivity index (χ0v) is 8.48. The van der Waals surface area contributed by atoms with Crippen LogP contribution in [0.1, 0.15) is 53.4 Å². The predicted molar refractivity (Wildman–Crippen MR) is 52.7 cm³/mol. The molecule has 0 nitrogen and oxygen atoms in total. The van der Waals surface area contributed by atoms with E-state index in [0.717, 1.165) is 5.92 Å². The summed E-state index contributed by atoms with van der Waals surface area (Å²) in [6.45, 7) is 9.05. The molecule has 0 bridgehead atoms. The third-order valence-electron chi connectivity index (χ3n) is 2.21. The van der Waals surface area contributed by atoms with Gasteiger partial charge in [0.15, 0.2) is 0 Å². The van der Waals surface area contributed by atoms with Gasteiger partial charge < -0.3 is 0 Å². The highest BCUT2D eigenvalue weighted by Crippen LogP contribution is 2.11. The van der Waals surface area contributed by atoms with E-state index in [-0.39, 0.29) is 0 Å². The smallest absolute Gasteiger partial charge is 0.0322 e. The lowest BCUT2D eigenvalue weighted by atomic mass is 10.0. The lowest BCUT2D eigenvalue weighted by molar-refractivity contribution is 0.569. The summed E-state index contributed by atoms with van der Waals surface area (Å²) in [5, 5.41) is 0. The summed E-state index contributed by atoms with van der Waals surface area (Å²) in [6.07, 6.45) is 7.52. The topological polar surface area (TPSA) is 0 Å². The van der Waals surface area contributed by atoms with Crippen LogP contribution in [-0.2, 0) is 0 Å². The minimum atomic E-state index is 0.863. The van der Waals surface area contributed by atoms with Crippen LogP contribution in [0.5, 0.6) is 0 Å². The van der Waals surface area contributed by atoms with Crippen LogP contribution >= 0.6 is 0 Å². The van der Waals surface area contributed by atoms with Crippen molar-refractivity contribution in [1.29, 1.82) is 0 Å². The molecule has 11 heavy (non-hydrogen) atoms. The van der Waals surface area contributed by atoms with Crippen molar-refractivity contribution in [2.45, 2.75) is 53.4 Å². The molecule has 0 aliphatic heterocycles. The van der Waals surface area contributed by atoms with Crippen molar-refractivity contribution in [1.82, 2.24) is 0 Å². The molecule has 0 aliphatic carbocycles. The Morgan fingerprint density at radius 2 is 2.00 bits per heavy atom. The molecule has 1 atom stereocenters. The van der Waals surface area contributed by atoms with Gasteiger partial charge in [0.2, 0.25) is 0 Å². The first kappa shape index (κ1) is 10.7. The van der Waals surface area contributed by atoms with Gasteiger partial charge in [-0.25, -0.2) is 0 Å². The van der Waals surface area contributed by atoms with Crippen LogP contribution < -0.4 is 0 Å². The molecule has 0 aromatic carbocycles. The molecule has 0 radical (unpaired) electrons. The van der Waals surface area contributed by atoms with Crippen molar-refractivity contribution in [3.63, 3.8) is 0 Å². The molecule has 0 aliphatic rings. The first-order chi connectivity index (χ1) is 5.20. The molecule has 1 unspecified atom stereocenters. The fourth-order valence-electron chi connectivity index (χ4n) is 1.07. The van der Waals surface area contributed by atoms with Gasteiger partial charge in [-0.3, -0.25) is 0 Å². The Bertz CT molecular complexity index is 111. The first-order valence-corrected chi connectivity index (χ1v) is 4.86. The number of hydrogen-bond donors (Lipinski definition) is 0. The van der Waals surface area contributed by atoms with E-state index in [9.17, 15) is 0 Å². The maximum Gasteiger partial charge on any atom is -0.0322 e. The minimum Gasteiger partial charge on any atom is -0.0853 e. The highest BCUT2D eigenvalue weighted by Gasteiger charge is 1.95. The van der Waals surface area contributed by atoms with E-state index in [1.807, 2.05) is 0 Å². The molecule has 0 heteroatoms. The van der Waals surface area contributed by atoms with Crippen molar-refractivity contribution in [3.05, 3.63) is 11.6 Å². The van der Waals surface area contributed by atoms with E-state index in [2.05, 4.69) is 33.8 Å². The predicted octanol–water partition coefficient (Wildman–Crippen LogP) is 4.17. The summed E-state index contributed by atoms with van der Waals surface area (Å²) >= 11 is 0. The standard InChI is InChI=1S/C11H22/c1-5-7-11(4)9-8-10(3)6-2/h9-10H,5-8H2,1-4H3/b11-9-.